The minimum absolute atomic E-state index is 0.134. The Labute approximate surface area is 179 Å². The number of alkyl halides is 2. The number of esters is 1. The highest BCUT2D eigenvalue weighted by Gasteiger charge is 2.52. The van der Waals surface area contributed by atoms with Gasteiger partial charge in [-0.2, -0.15) is 8.78 Å². The van der Waals surface area contributed by atoms with E-state index in [1.807, 2.05) is 0 Å². The van der Waals surface area contributed by atoms with E-state index in [1.165, 1.54) is 49.5 Å². The first-order chi connectivity index (χ1) is 14.5. The molecule has 31 heavy (non-hydrogen) atoms. The Balaban J connectivity index is 2.89. The minimum atomic E-state index is -5.89. The summed E-state index contributed by atoms with van der Waals surface area (Å²) in [6.07, 6.45) is 11.3. The molecule has 0 bridgehead atoms. The number of cyclic esters (lactones) is 1. The van der Waals surface area contributed by atoms with Crippen molar-refractivity contribution >= 4 is 13.6 Å². The van der Waals surface area contributed by atoms with Gasteiger partial charge in [-0.25, -0.2) is 4.79 Å². The van der Waals surface area contributed by atoms with E-state index >= 15 is 0 Å². The van der Waals surface area contributed by atoms with Crippen molar-refractivity contribution in [3.05, 3.63) is 60.8 Å². The Morgan fingerprint density at radius 3 is 2.58 bits per heavy atom. The van der Waals surface area contributed by atoms with Crippen molar-refractivity contribution < 1.29 is 47.6 Å². The Bertz CT molecular complexity index is 769. The predicted molar refractivity (Wildman–Crippen MR) is 109 cm³/mol. The van der Waals surface area contributed by atoms with Crippen LogP contribution >= 0.6 is 7.60 Å². The summed E-state index contributed by atoms with van der Waals surface area (Å²) in [5.74, 6) is -6.09. The van der Waals surface area contributed by atoms with E-state index in [2.05, 4.69) is 4.74 Å². The number of halogens is 2. The van der Waals surface area contributed by atoms with Gasteiger partial charge in [-0.15, -0.1) is 0 Å². The molecule has 174 valence electrons. The lowest BCUT2D eigenvalue weighted by atomic mass is 9.97. The van der Waals surface area contributed by atoms with Crippen LogP contribution in [0.3, 0.4) is 0 Å². The quantitative estimate of drug-likeness (QED) is 0.150. The van der Waals surface area contributed by atoms with Crippen molar-refractivity contribution in [1.82, 2.24) is 0 Å². The predicted octanol–water partition coefficient (Wildman–Crippen LogP) is 2.58. The monoisotopic (exact) mass is 464 g/mol. The Morgan fingerprint density at radius 1 is 1.29 bits per heavy atom. The fraction of sp³-hybridized carbons (Fsp3) is 0.450. The van der Waals surface area contributed by atoms with E-state index in [0.717, 1.165) is 0 Å². The van der Waals surface area contributed by atoms with Crippen LogP contribution in [0.15, 0.2) is 60.8 Å². The summed E-state index contributed by atoms with van der Waals surface area (Å²) >= 11 is 0. The van der Waals surface area contributed by atoms with E-state index in [-0.39, 0.29) is 13.0 Å². The lowest BCUT2D eigenvalue weighted by Crippen LogP contribution is -2.34. The molecular formula is C20H27F2O8P. The molecule has 1 rings (SSSR count). The number of rotatable bonds is 12. The van der Waals surface area contributed by atoms with Crippen LogP contribution in [-0.2, 0) is 18.8 Å². The Hall–Kier alpha value is -1.94. The zero-order valence-electron chi connectivity index (χ0n) is 16.8. The van der Waals surface area contributed by atoms with Crippen LogP contribution in [0.25, 0.3) is 0 Å². The standard InChI is InChI=1S/C20H27F2O8P/c1-15(11-12-17-9-7-10-19(25)29-17)18(30-20(21,22)31(26,27)28)14-16(24)8-5-3-2-4-6-13-23/h2-8,10-12,15-18,23-24H,9,13-14H2,1H3,(H2,26,27,28)/b3-2-,6-4+,8-5-,12-11+/t15-,16-,17+,18?/m0/s1. The van der Waals surface area contributed by atoms with Gasteiger partial charge in [-0.3, -0.25) is 4.57 Å². The van der Waals surface area contributed by atoms with Gasteiger partial charge in [-0.1, -0.05) is 55.5 Å². The van der Waals surface area contributed by atoms with Crippen molar-refractivity contribution in [2.24, 2.45) is 5.92 Å². The van der Waals surface area contributed by atoms with Crippen molar-refractivity contribution in [2.75, 3.05) is 6.61 Å². The maximum Gasteiger partial charge on any atom is 0.459 e. The molecule has 0 aliphatic carbocycles. The third kappa shape index (κ3) is 10.3. The summed E-state index contributed by atoms with van der Waals surface area (Å²) in [7, 11) is -5.89. The number of carbonyl (C=O) groups excluding carboxylic acids is 1. The third-order valence-corrected chi connectivity index (χ3v) is 4.90. The molecule has 1 unspecified atom stereocenters. The summed E-state index contributed by atoms with van der Waals surface area (Å²) in [5, 5.41) is 18.7. The van der Waals surface area contributed by atoms with Crippen LogP contribution in [0, 0.1) is 5.92 Å². The van der Waals surface area contributed by atoms with E-state index in [4.69, 9.17) is 19.6 Å². The van der Waals surface area contributed by atoms with E-state index in [9.17, 15) is 23.2 Å². The van der Waals surface area contributed by atoms with Crippen molar-refractivity contribution in [2.45, 2.75) is 43.9 Å². The SMILES string of the molecule is C[C@@H](/C=C/[C@H]1CC=CC(=O)O1)C(C[C@@H](O)\C=C/C=C\C=C\CO)OC(F)(F)P(=O)(O)O. The molecule has 4 atom stereocenters. The van der Waals surface area contributed by atoms with Gasteiger partial charge in [-0.05, 0) is 6.08 Å². The smallest absolute Gasteiger partial charge is 0.455 e. The minimum Gasteiger partial charge on any atom is -0.455 e. The molecule has 0 saturated heterocycles. The van der Waals surface area contributed by atoms with Crippen LogP contribution < -0.4 is 0 Å². The van der Waals surface area contributed by atoms with E-state index < -0.39 is 43.6 Å². The van der Waals surface area contributed by atoms with Crippen molar-refractivity contribution in [3.63, 3.8) is 0 Å². The maximum atomic E-state index is 13.8. The first kappa shape index (κ1) is 27.1. The van der Waals surface area contributed by atoms with Gasteiger partial charge >= 0.3 is 19.4 Å². The number of aliphatic hydroxyl groups is 2. The fourth-order valence-electron chi connectivity index (χ4n) is 2.47. The van der Waals surface area contributed by atoms with Gasteiger partial charge in [0.1, 0.15) is 6.10 Å². The van der Waals surface area contributed by atoms with E-state index in [0.29, 0.717) is 6.42 Å². The summed E-state index contributed by atoms with van der Waals surface area (Å²) in [5.41, 5.74) is 0. The van der Waals surface area contributed by atoms with Gasteiger partial charge in [0.05, 0.1) is 18.8 Å². The van der Waals surface area contributed by atoms with Crippen LogP contribution in [0.2, 0.25) is 0 Å². The average molecular weight is 464 g/mol. The highest BCUT2D eigenvalue weighted by Crippen LogP contribution is 2.54. The second kappa shape index (κ2) is 12.8. The fourth-order valence-corrected chi connectivity index (χ4v) is 2.75. The number of hydrogen-bond acceptors (Lipinski definition) is 6. The number of hydrogen-bond donors (Lipinski definition) is 4. The highest BCUT2D eigenvalue weighted by molar-refractivity contribution is 7.52. The summed E-state index contributed by atoms with van der Waals surface area (Å²) in [4.78, 5) is 29.0. The molecular weight excluding hydrogens is 437 g/mol. The van der Waals surface area contributed by atoms with Gasteiger partial charge in [0.25, 0.3) is 0 Å². The molecule has 0 radical (unpaired) electrons. The number of aliphatic hydroxyl groups excluding tert-OH is 2. The van der Waals surface area contributed by atoms with Crippen LogP contribution in [0.5, 0.6) is 0 Å². The number of carbonyl (C=O) groups is 1. The average Bonchev–Trinajstić information content (AvgIpc) is 2.67. The number of ether oxygens (including phenoxy) is 2. The molecule has 0 amide bonds. The molecule has 0 spiro atoms. The van der Waals surface area contributed by atoms with E-state index in [1.54, 1.807) is 18.2 Å². The summed E-state index contributed by atoms with van der Waals surface area (Å²) in [6.45, 7) is 1.33. The highest BCUT2D eigenvalue weighted by atomic mass is 31.2. The van der Waals surface area contributed by atoms with Crippen LogP contribution in [0.1, 0.15) is 19.8 Å². The van der Waals surface area contributed by atoms with Crippen molar-refractivity contribution in [1.29, 1.82) is 0 Å². The molecule has 1 heterocycles. The van der Waals surface area contributed by atoms with Gasteiger partial charge < -0.3 is 29.5 Å². The first-order valence-electron chi connectivity index (χ1n) is 9.42. The molecule has 8 nitrogen and oxygen atoms in total. The molecule has 0 aromatic carbocycles. The Morgan fingerprint density at radius 2 is 1.97 bits per heavy atom. The van der Waals surface area contributed by atoms with Crippen LogP contribution in [0.4, 0.5) is 8.78 Å². The zero-order valence-corrected chi connectivity index (χ0v) is 17.7. The molecule has 1 aliphatic heterocycles. The lowest BCUT2D eigenvalue weighted by Gasteiger charge is -2.28. The molecule has 0 aromatic heterocycles. The Kier molecular flexibility index (Phi) is 11.2. The summed E-state index contributed by atoms with van der Waals surface area (Å²) < 4.78 is 48.2. The first-order valence-corrected chi connectivity index (χ1v) is 11.0. The second-order valence-electron chi connectivity index (χ2n) is 6.73. The maximum absolute atomic E-state index is 13.8. The van der Waals surface area contributed by atoms with Gasteiger partial charge in [0, 0.05) is 24.8 Å². The largest absolute Gasteiger partial charge is 0.459 e. The normalized spacial score (nSPS) is 21.4. The van der Waals surface area contributed by atoms with Crippen LogP contribution in [-0.4, -0.2) is 56.7 Å². The van der Waals surface area contributed by atoms with Gasteiger partial charge in [0.15, 0.2) is 0 Å². The molecule has 0 saturated carbocycles. The lowest BCUT2D eigenvalue weighted by molar-refractivity contribution is -0.223. The molecule has 4 N–H and O–H groups in total. The molecule has 0 aromatic rings. The summed E-state index contributed by atoms with van der Waals surface area (Å²) in [6, 6.07) is 0. The van der Waals surface area contributed by atoms with Gasteiger partial charge in [0.2, 0.25) is 0 Å². The second-order valence-corrected chi connectivity index (χ2v) is 8.34. The zero-order chi connectivity index (χ0) is 23.5. The third-order valence-electron chi connectivity index (χ3n) is 4.12. The molecule has 11 heteroatoms. The topological polar surface area (TPSA) is 134 Å². The molecule has 0 fully saturated rings. The number of allylic oxidation sites excluding steroid dienone is 4. The molecule has 1 aliphatic rings. The van der Waals surface area contributed by atoms with Crippen molar-refractivity contribution in [3.8, 4) is 0 Å².